The number of halogens is 1. The van der Waals surface area contributed by atoms with Crippen LogP contribution in [-0.2, 0) is 9.59 Å². The molecule has 2 aliphatic heterocycles. The highest BCUT2D eigenvalue weighted by Gasteiger charge is 2.27. The summed E-state index contributed by atoms with van der Waals surface area (Å²) in [5.74, 6) is 0.288. The molecule has 10 heteroatoms. The largest absolute Gasteiger partial charge is 0.493 e. The third kappa shape index (κ3) is 7.06. The Morgan fingerprint density at radius 3 is 2.55 bits per heavy atom. The van der Waals surface area contributed by atoms with Crippen molar-refractivity contribution >= 4 is 11.9 Å². The van der Waals surface area contributed by atoms with E-state index in [0.29, 0.717) is 18.4 Å². The first-order valence-electron chi connectivity index (χ1n) is 10.5. The van der Waals surface area contributed by atoms with Gasteiger partial charge in [0.25, 0.3) is 0 Å². The van der Waals surface area contributed by atoms with E-state index in [0.717, 1.165) is 36.8 Å². The summed E-state index contributed by atoms with van der Waals surface area (Å²) in [7, 11) is 0. The Balaban J connectivity index is 0.000000292. The van der Waals surface area contributed by atoms with Crippen molar-refractivity contribution in [2.75, 3.05) is 26.5 Å². The first kappa shape index (κ1) is 24.3. The first-order chi connectivity index (χ1) is 15.8. The molecule has 2 heterocycles. The SMILES string of the molecule is Fc1ccc([C@@H]2CCNC[C@H]2COc2ccc3c(c2)OCO3)cc1.N[C@@H](CC(=O)O)C(=O)O. The molecule has 2 aromatic rings. The van der Waals surface area contributed by atoms with Gasteiger partial charge in [0, 0.05) is 18.5 Å². The van der Waals surface area contributed by atoms with Crippen molar-refractivity contribution in [3.05, 3.63) is 53.8 Å². The van der Waals surface area contributed by atoms with Gasteiger partial charge in [-0.1, -0.05) is 12.1 Å². The predicted octanol–water partition coefficient (Wildman–Crippen LogP) is 2.20. The van der Waals surface area contributed by atoms with E-state index in [1.54, 1.807) is 0 Å². The number of nitrogens with two attached hydrogens (primary N) is 1. The second kappa shape index (κ2) is 11.5. The van der Waals surface area contributed by atoms with Gasteiger partial charge < -0.3 is 35.5 Å². The van der Waals surface area contributed by atoms with Gasteiger partial charge in [0.15, 0.2) is 11.5 Å². The zero-order valence-corrected chi connectivity index (χ0v) is 17.9. The Labute approximate surface area is 190 Å². The minimum Gasteiger partial charge on any atom is -0.493 e. The molecule has 0 aliphatic carbocycles. The molecule has 2 aromatic carbocycles. The van der Waals surface area contributed by atoms with Gasteiger partial charge in [0.05, 0.1) is 13.0 Å². The molecule has 0 amide bonds. The van der Waals surface area contributed by atoms with Crippen LogP contribution in [-0.4, -0.2) is 54.7 Å². The molecule has 0 spiro atoms. The summed E-state index contributed by atoms with van der Waals surface area (Å²) < 4.78 is 29.9. The van der Waals surface area contributed by atoms with E-state index in [1.807, 2.05) is 30.3 Å². The van der Waals surface area contributed by atoms with Gasteiger partial charge in [0.1, 0.15) is 17.6 Å². The third-order valence-corrected chi connectivity index (χ3v) is 5.43. The number of rotatable bonds is 7. The van der Waals surface area contributed by atoms with Crippen LogP contribution in [0, 0.1) is 11.7 Å². The number of carboxylic acid groups (broad SMARTS) is 2. The minimum atomic E-state index is -1.29. The van der Waals surface area contributed by atoms with E-state index in [4.69, 9.17) is 30.2 Å². The van der Waals surface area contributed by atoms with Gasteiger partial charge >= 0.3 is 11.9 Å². The highest BCUT2D eigenvalue weighted by Crippen LogP contribution is 2.36. The predicted molar refractivity (Wildman–Crippen MR) is 116 cm³/mol. The van der Waals surface area contributed by atoms with Crippen LogP contribution in [0.3, 0.4) is 0 Å². The number of hydrogen-bond acceptors (Lipinski definition) is 7. The molecule has 178 valence electrons. The molecule has 2 aliphatic rings. The second-order valence-electron chi connectivity index (χ2n) is 7.78. The number of ether oxygens (including phenoxy) is 3. The van der Waals surface area contributed by atoms with Crippen molar-refractivity contribution in [2.24, 2.45) is 11.7 Å². The van der Waals surface area contributed by atoms with E-state index in [9.17, 15) is 14.0 Å². The maximum absolute atomic E-state index is 13.2. The van der Waals surface area contributed by atoms with Crippen LogP contribution in [0.25, 0.3) is 0 Å². The number of benzene rings is 2. The van der Waals surface area contributed by atoms with E-state index in [2.05, 4.69) is 5.32 Å². The fourth-order valence-corrected chi connectivity index (χ4v) is 3.69. The molecule has 0 unspecified atom stereocenters. The number of carbonyl (C=O) groups is 2. The summed E-state index contributed by atoms with van der Waals surface area (Å²) in [5.41, 5.74) is 6.01. The quantitative estimate of drug-likeness (QED) is 0.487. The summed E-state index contributed by atoms with van der Waals surface area (Å²) in [6, 6.07) is 11.2. The molecule has 1 fully saturated rings. The van der Waals surface area contributed by atoms with Crippen LogP contribution in [0.4, 0.5) is 4.39 Å². The molecule has 0 bridgehead atoms. The number of hydrogen-bond donors (Lipinski definition) is 4. The molecular weight excluding hydrogens is 435 g/mol. The fourth-order valence-electron chi connectivity index (χ4n) is 3.69. The molecule has 0 aromatic heterocycles. The topological polar surface area (TPSA) is 140 Å². The van der Waals surface area contributed by atoms with Crippen LogP contribution in [0.1, 0.15) is 24.3 Å². The van der Waals surface area contributed by atoms with Gasteiger partial charge in [-0.2, -0.15) is 0 Å². The molecule has 9 nitrogen and oxygen atoms in total. The highest BCUT2D eigenvalue weighted by atomic mass is 19.1. The number of nitrogens with one attached hydrogen (secondary N) is 1. The zero-order valence-electron chi connectivity index (χ0n) is 17.9. The lowest BCUT2D eigenvalue weighted by Crippen LogP contribution is -2.38. The minimum absolute atomic E-state index is 0.194. The first-order valence-corrected chi connectivity index (χ1v) is 10.5. The Bertz CT molecular complexity index is 954. The molecule has 3 atom stereocenters. The van der Waals surface area contributed by atoms with E-state index in [-0.39, 0.29) is 12.6 Å². The molecule has 5 N–H and O–H groups in total. The molecule has 33 heavy (non-hydrogen) atoms. The van der Waals surface area contributed by atoms with Crippen LogP contribution >= 0.6 is 0 Å². The second-order valence-corrected chi connectivity index (χ2v) is 7.78. The van der Waals surface area contributed by atoms with Crippen molar-refractivity contribution in [2.45, 2.75) is 24.8 Å². The fraction of sp³-hybridized carbons (Fsp3) is 0.391. The average Bonchev–Trinajstić information content (AvgIpc) is 3.26. The molecular formula is C23H27FN2O7. The van der Waals surface area contributed by atoms with Gasteiger partial charge in [-0.15, -0.1) is 0 Å². The van der Waals surface area contributed by atoms with Crippen LogP contribution in [0.15, 0.2) is 42.5 Å². The molecule has 1 saturated heterocycles. The Kier molecular flexibility index (Phi) is 8.45. The summed E-state index contributed by atoms with van der Waals surface area (Å²) in [4.78, 5) is 19.6. The number of aliphatic carboxylic acids is 2. The van der Waals surface area contributed by atoms with Crippen molar-refractivity contribution in [1.82, 2.24) is 5.32 Å². The Morgan fingerprint density at radius 2 is 1.88 bits per heavy atom. The Morgan fingerprint density at radius 1 is 1.15 bits per heavy atom. The van der Waals surface area contributed by atoms with Crippen molar-refractivity contribution in [3.63, 3.8) is 0 Å². The Hall–Kier alpha value is -3.37. The molecule has 0 saturated carbocycles. The maximum atomic E-state index is 13.2. The summed E-state index contributed by atoms with van der Waals surface area (Å²) in [5, 5.41) is 19.5. The normalized spacial score (nSPS) is 19.7. The van der Waals surface area contributed by atoms with Gasteiger partial charge in [-0.05, 0) is 48.7 Å². The molecule has 4 rings (SSSR count). The van der Waals surface area contributed by atoms with Gasteiger partial charge in [-0.25, -0.2) is 4.39 Å². The lowest BCUT2D eigenvalue weighted by molar-refractivity contribution is -0.144. The van der Waals surface area contributed by atoms with Crippen LogP contribution < -0.4 is 25.3 Å². The van der Waals surface area contributed by atoms with E-state index in [1.165, 1.54) is 17.7 Å². The van der Waals surface area contributed by atoms with E-state index >= 15 is 0 Å². The highest BCUT2D eigenvalue weighted by molar-refractivity contribution is 5.80. The zero-order chi connectivity index (χ0) is 23.8. The van der Waals surface area contributed by atoms with Gasteiger partial charge in [0.2, 0.25) is 6.79 Å². The summed E-state index contributed by atoms with van der Waals surface area (Å²) in [6.07, 6.45) is 0.496. The lowest BCUT2D eigenvalue weighted by Gasteiger charge is -2.32. The van der Waals surface area contributed by atoms with Crippen molar-refractivity contribution < 1.29 is 38.4 Å². The lowest BCUT2D eigenvalue weighted by atomic mass is 9.81. The van der Waals surface area contributed by atoms with Crippen molar-refractivity contribution in [3.8, 4) is 17.2 Å². The summed E-state index contributed by atoms with van der Waals surface area (Å²) in [6.45, 7) is 2.74. The number of carboxylic acids is 2. The van der Waals surface area contributed by atoms with E-state index < -0.39 is 24.4 Å². The van der Waals surface area contributed by atoms with Gasteiger partial charge in [-0.3, -0.25) is 9.59 Å². The maximum Gasteiger partial charge on any atom is 0.321 e. The molecule has 0 radical (unpaired) electrons. The van der Waals surface area contributed by atoms with Crippen LogP contribution in [0.2, 0.25) is 0 Å². The summed E-state index contributed by atoms with van der Waals surface area (Å²) >= 11 is 0. The monoisotopic (exact) mass is 462 g/mol. The standard InChI is InChI=1S/C19H20FNO3.C4H7NO4/c20-15-3-1-13(2-4-15)17-7-8-21-10-14(17)11-22-16-5-6-18-19(9-16)24-12-23-18;5-2(4(8)9)1-3(6)7/h1-6,9,14,17,21H,7-8,10-12H2;2H,1,5H2,(H,6,7)(H,8,9)/t14-,17-;2-/m00/s1. The third-order valence-electron chi connectivity index (χ3n) is 5.43. The number of piperidine rings is 1. The smallest absolute Gasteiger partial charge is 0.321 e. The van der Waals surface area contributed by atoms with Crippen LogP contribution in [0.5, 0.6) is 17.2 Å². The van der Waals surface area contributed by atoms with Crippen molar-refractivity contribution in [1.29, 1.82) is 0 Å². The average molecular weight is 462 g/mol. The number of fused-ring (bicyclic) bond motifs is 1.